The van der Waals surface area contributed by atoms with Crippen LogP contribution in [0.1, 0.15) is 26.3 Å². The number of benzene rings is 2. The highest BCUT2D eigenvalue weighted by atomic mass is 16.5. The van der Waals surface area contributed by atoms with Crippen molar-refractivity contribution in [1.29, 1.82) is 0 Å². The Kier molecular flexibility index (Phi) is 3.80. The van der Waals surface area contributed by atoms with Crippen LogP contribution in [0.4, 0.5) is 0 Å². The van der Waals surface area contributed by atoms with E-state index in [2.05, 4.69) is 0 Å². The fourth-order valence-corrected chi connectivity index (χ4v) is 1.93. The van der Waals surface area contributed by atoms with Gasteiger partial charge in [-0.05, 0) is 36.8 Å². The number of hydrogen-bond donors (Lipinski definition) is 3. The first-order chi connectivity index (χ1) is 9.91. The summed E-state index contributed by atoms with van der Waals surface area (Å²) in [5, 5.41) is 27.9. The van der Waals surface area contributed by atoms with Crippen molar-refractivity contribution in [2.24, 2.45) is 0 Å². The van der Waals surface area contributed by atoms with Crippen LogP contribution in [0.3, 0.4) is 0 Å². The summed E-state index contributed by atoms with van der Waals surface area (Å²) in [7, 11) is 0. The molecule has 108 valence electrons. The predicted molar refractivity (Wildman–Crippen MR) is 73.3 cm³/mol. The first kappa shape index (κ1) is 14.4. The second kappa shape index (κ2) is 5.54. The monoisotopic (exact) mass is 288 g/mol. The largest absolute Gasteiger partial charge is 0.504 e. The number of hydrogen-bond acceptors (Lipinski definition) is 4. The van der Waals surface area contributed by atoms with Crippen LogP contribution in [0.2, 0.25) is 0 Å². The molecule has 0 spiro atoms. The lowest BCUT2D eigenvalue weighted by Crippen LogP contribution is -2.09. The number of carboxylic acid groups (broad SMARTS) is 2. The maximum Gasteiger partial charge on any atom is 0.339 e. The summed E-state index contributed by atoms with van der Waals surface area (Å²) in [6.07, 6.45) is 0. The van der Waals surface area contributed by atoms with E-state index in [0.29, 0.717) is 0 Å². The summed E-state index contributed by atoms with van der Waals surface area (Å²) in [5.74, 6) is -2.62. The normalized spacial score (nSPS) is 10.1. The Morgan fingerprint density at radius 3 is 2.19 bits per heavy atom. The van der Waals surface area contributed by atoms with Crippen molar-refractivity contribution in [2.75, 3.05) is 0 Å². The van der Waals surface area contributed by atoms with Crippen LogP contribution in [0, 0.1) is 6.92 Å². The van der Waals surface area contributed by atoms with Gasteiger partial charge in [0.25, 0.3) is 0 Å². The SMILES string of the molecule is Cc1c(C(=O)O)ccc(Oc2ccccc2O)c1C(=O)O. The molecule has 2 aromatic carbocycles. The molecule has 2 rings (SSSR count). The van der Waals surface area contributed by atoms with Gasteiger partial charge in [0.05, 0.1) is 5.56 Å². The Bertz CT molecular complexity index is 720. The first-order valence-corrected chi connectivity index (χ1v) is 5.98. The molecule has 2 aromatic rings. The van der Waals surface area contributed by atoms with Crippen LogP contribution in [-0.4, -0.2) is 27.3 Å². The summed E-state index contributed by atoms with van der Waals surface area (Å²) in [6, 6.07) is 8.61. The minimum Gasteiger partial charge on any atom is -0.504 e. The Labute approximate surface area is 119 Å². The molecule has 0 aliphatic heterocycles. The Morgan fingerprint density at radius 1 is 0.952 bits per heavy atom. The van der Waals surface area contributed by atoms with Gasteiger partial charge in [0.15, 0.2) is 11.5 Å². The van der Waals surface area contributed by atoms with Crippen molar-refractivity contribution in [2.45, 2.75) is 6.92 Å². The number of carbonyl (C=O) groups is 2. The Balaban J connectivity index is 2.54. The molecule has 0 saturated carbocycles. The lowest BCUT2D eigenvalue weighted by molar-refractivity contribution is 0.0693. The van der Waals surface area contributed by atoms with Gasteiger partial charge in [-0.15, -0.1) is 0 Å². The number of aromatic carboxylic acids is 2. The first-order valence-electron chi connectivity index (χ1n) is 5.98. The van der Waals surface area contributed by atoms with Crippen LogP contribution in [-0.2, 0) is 0 Å². The fraction of sp³-hybridized carbons (Fsp3) is 0.0667. The van der Waals surface area contributed by atoms with E-state index in [1.807, 2.05) is 0 Å². The quantitative estimate of drug-likeness (QED) is 0.799. The molecular weight excluding hydrogens is 276 g/mol. The molecule has 0 radical (unpaired) electrons. The van der Waals surface area contributed by atoms with E-state index in [9.17, 15) is 19.8 Å². The summed E-state index contributed by atoms with van der Waals surface area (Å²) in [6.45, 7) is 1.39. The third-order valence-electron chi connectivity index (χ3n) is 2.96. The minimum atomic E-state index is -1.30. The highest BCUT2D eigenvalue weighted by Gasteiger charge is 2.21. The minimum absolute atomic E-state index is 0.0356. The zero-order valence-corrected chi connectivity index (χ0v) is 11.0. The zero-order valence-electron chi connectivity index (χ0n) is 11.0. The van der Waals surface area contributed by atoms with Crippen molar-refractivity contribution in [3.05, 3.63) is 53.1 Å². The van der Waals surface area contributed by atoms with Crippen LogP contribution in [0.5, 0.6) is 17.2 Å². The van der Waals surface area contributed by atoms with E-state index in [0.717, 1.165) is 0 Å². The number of carboxylic acids is 2. The molecule has 3 N–H and O–H groups in total. The van der Waals surface area contributed by atoms with Gasteiger partial charge in [-0.25, -0.2) is 9.59 Å². The molecule has 0 saturated heterocycles. The number of phenols is 1. The lowest BCUT2D eigenvalue weighted by atomic mass is 10.0. The molecule has 0 aromatic heterocycles. The topological polar surface area (TPSA) is 104 Å². The highest BCUT2D eigenvalue weighted by molar-refractivity contribution is 5.98. The second-order valence-electron chi connectivity index (χ2n) is 4.29. The second-order valence-corrected chi connectivity index (χ2v) is 4.29. The van der Waals surface area contributed by atoms with Gasteiger partial charge in [-0.2, -0.15) is 0 Å². The number of rotatable bonds is 4. The van der Waals surface area contributed by atoms with Gasteiger partial charge in [0.1, 0.15) is 11.3 Å². The number of aromatic hydroxyl groups is 1. The van der Waals surface area contributed by atoms with E-state index in [1.54, 1.807) is 12.1 Å². The standard InChI is InChI=1S/C15H12O6/c1-8-9(14(17)18)6-7-12(13(8)15(19)20)21-11-5-3-2-4-10(11)16/h2-7,16H,1H3,(H,17,18)(H,19,20). The molecular formula is C15H12O6. The molecule has 0 atom stereocenters. The molecule has 21 heavy (non-hydrogen) atoms. The van der Waals surface area contributed by atoms with Crippen molar-refractivity contribution in [3.63, 3.8) is 0 Å². The number of ether oxygens (including phenoxy) is 1. The van der Waals surface area contributed by atoms with Gasteiger partial charge >= 0.3 is 11.9 Å². The zero-order chi connectivity index (χ0) is 15.6. The summed E-state index contributed by atoms with van der Waals surface area (Å²) < 4.78 is 5.39. The smallest absolute Gasteiger partial charge is 0.339 e. The molecule has 0 aliphatic rings. The van der Waals surface area contributed by atoms with Crippen LogP contribution < -0.4 is 4.74 Å². The van der Waals surface area contributed by atoms with E-state index >= 15 is 0 Å². The molecule has 0 amide bonds. The van der Waals surface area contributed by atoms with Gasteiger partial charge < -0.3 is 20.1 Å². The average Bonchev–Trinajstić information content (AvgIpc) is 2.40. The van der Waals surface area contributed by atoms with Gasteiger partial charge in [0, 0.05) is 0 Å². The molecule has 0 aliphatic carbocycles. The van der Waals surface area contributed by atoms with Crippen LogP contribution >= 0.6 is 0 Å². The average molecular weight is 288 g/mol. The molecule has 0 bridgehead atoms. The van der Waals surface area contributed by atoms with Gasteiger partial charge in [-0.1, -0.05) is 12.1 Å². The maximum absolute atomic E-state index is 11.4. The van der Waals surface area contributed by atoms with Gasteiger partial charge in [-0.3, -0.25) is 0 Å². The molecule has 0 unspecified atom stereocenters. The van der Waals surface area contributed by atoms with Crippen molar-refractivity contribution < 1.29 is 29.6 Å². The van der Waals surface area contributed by atoms with Crippen molar-refractivity contribution >= 4 is 11.9 Å². The molecule has 6 nitrogen and oxygen atoms in total. The van der Waals surface area contributed by atoms with E-state index in [-0.39, 0.29) is 33.9 Å². The third kappa shape index (κ3) is 2.79. The van der Waals surface area contributed by atoms with Crippen LogP contribution in [0.25, 0.3) is 0 Å². The lowest BCUT2D eigenvalue weighted by Gasteiger charge is -2.13. The van der Waals surface area contributed by atoms with Crippen LogP contribution in [0.15, 0.2) is 36.4 Å². The van der Waals surface area contributed by atoms with E-state index in [4.69, 9.17) is 9.84 Å². The van der Waals surface area contributed by atoms with Gasteiger partial charge in [0.2, 0.25) is 0 Å². The molecule has 0 fully saturated rings. The van der Waals surface area contributed by atoms with Crippen molar-refractivity contribution in [1.82, 2.24) is 0 Å². The summed E-state index contributed by atoms with van der Waals surface area (Å²) in [4.78, 5) is 22.4. The Morgan fingerprint density at radius 2 is 1.62 bits per heavy atom. The van der Waals surface area contributed by atoms with Crippen molar-refractivity contribution in [3.8, 4) is 17.2 Å². The summed E-state index contributed by atoms with van der Waals surface area (Å²) in [5.41, 5.74) is -0.280. The molecule has 6 heteroatoms. The number of phenolic OH excluding ortho intramolecular Hbond substituents is 1. The maximum atomic E-state index is 11.4. The fourth-order valence-electron chi connectivity index (χ4n) is 1.93. The summed E-state index contributed by atoms with van der Waals surface area (Å²) >= 11 is 0. The Hall–Kier alpha value is -3.02. The van der Waals surface area contributed by atoms with E-state index in [1.165, 1.54) is 31.2 Å². The third-order valence-corrected chi connectivity index (χ3v) is 2.96. The highest BCUT2D eigenvalue weighted by Crippen LogP contribution is 2.34. The molecule has 0 heterocycles. The number of para-hydroxylation sites is 2. The van der Waals surface area contributed by atoms with E-state index < -0.39 is 11.9 Å². The predicted octanol–water partition coefficient (Wildman–Crippen LogP) is 2.89.